The van der Waals surface area contributed by atoms with E-state index >= 15 is 0 Å². The molecule has 2 aliphatic rings. The summed E-state index contributed by atoms with van der Waals surface area (Å²) >= 11 is 0. The van der Waals surface area contributed by atoms with Gasteiger partial charge in [0.1, 0.15) is 0 Å². The van der Waals surface area contributed by atoms with E-state index in [9.17, 15) is 0 Å². The average molecular weight is 215 g/mol. The summed E-state index contributed by atoms with van der Waals surface area (Å²) in [6.07, 6.45) is 5.84. The van der Waals surface area contributed by atoms with Gasteiger partial charge in [-0.05, 0) is 50.0 Å². The molecule has 0 heterocycles. The molecule has 0 radical (unpaired) electrons. The zero-order chi connectivity index (χ0) is 11.0. The normalized spacial score (nSPS) is 20.4. The van der Waals surface area contributed by atoms with Gasteiger partial charge in [0.05, 0.1) is 0 Å². The van der Waals surface area contributed by atoms with Crippen molar-refractivity contribution < 1.29 is 0 Å². The summed E-state index contributed by atoms with van der Waals surface area (Å²) in [6, 6.07) is 9.74. The van der Waals surface area contributed by atoms with Crippen LogP contribution in [-0.4, -0.2) is 6.04 Å². The molecule has 1 heteroatoms. The zero-order valence-electron chi connectivity index (χ0n) is 10.1. The number of hydrogen-bond donors (Lipinski definition) is 1. The molecule has 0 aromatic heterocycles. The Morgan fingerprint density at radius 2 is 1.62 bits per heavy atom. The Hall–Kier alpha value is -0.820. The minimum Gasteiger partial charge on any atom is -0.309 e. The van der Waals surface area contributed by atoms with Crippen molar-refractivity contribution in [2.45, 2.75) is 45.2 Å². The van der Waals surface area contributed by atoms with Crippen LogP contribution in [0.4, 0.5) is 0 Å². The summed E-state index contributed by atoms with van der Waals surface area (Å²) < 4.78 is 0. The monoisotopic (exact) mass is 215 g/mol. The third kappa shape index (κ3) is 2.46. The summed E-state index contributed by atoms with van der Waals surface area (Å²) in [4.78, 5) is 0. The SMILES string of the molecule is Cc1ccc(CNC(C2CC2)C2CC2)cc1. The third-order valence-electron chi connectivity index (χ3n) is 3.92. The number of aryl methyl sites for hydroxylation is 1. The van der Waals surface area contributed by atoms with E-state index in [4.69, 9.17) is 0 Å². The number of hydrogen-bond acceptors (Lipinski definition) is 1. The highest BCUT2D eigenvalue weighted by molar-refractivity contribution is 5.21. The Morgan fingerprint density at radius 1 is 1.06 bits per heavy atom. The standard InChI is InChI=1S/C15H21N/c1-11-2-4-12(5-3-11)10-16-15(13-6-7-13)14-8-9-14/h2-5,13-16H,6-10H2,1H3. The molecule has 3 rings (SSSR count). The lowest BCUT2D eigenvalue weighted by atomic mass is 10.1. The summed E-state index contributed by atoms with van der Waals surface area (Å²) in [5, 5.41) is 3.78. The van der Waals surface area contributed by atoms with E-state index in [1.165, 1.54) is 36.8 Å². The lowest BCUT2D eigenvalue weighted by Gasteiger charge is -2.17. The smallest absolute Gasteiger partial charge is 0.0208 e. The highest BCUT2D eigenvalue weighted by atomic mass is 14.9. The first-order valence-corrected chi connectivity index (χ1v) is 6.62. The molecule has 2 fully saturated rings. The van der Waals surface area contributed by atoms with E-state index in [2.05, 4.69) is 36.5 Å². The van der Waals surface area contributed by atoms with Crippen LogP contribution in [0.3, 0.4) is 0 Å². The molecule has 0 unspecified atom stereocenters. The van der Waals surface area contributed by atoms with Gasteiger partial charge in [-0.3, -0.25) is 0 Å². The predicted molar refractivity (Wildman–Crippen MR) is 67.3 cm³/mol. The lowest BCUT2D eigenvalue weighted by Crippen LogP contribution is -2.32. The molecule has 1 aromatic carbocycles. The molecule has 1 nitrogen and oxygen atoms in total. The van der Waals surface area contributed by atoms with Crippen LogP contribution in [0.1, 0.15) is 36.8 Å². The van der Waals surface area contributed by atoms with Crippen molar-refractivity contribution in [3.63, 3.8) is 0 Å². The molecule has 1 aromatic rings. The molecular formula is C15H21N. The Labute approximate surface area is 98.3 Å². The third-order valence-corrected chi connectivity index (χ3v) is 3.92. The van der Waals surface area contributed by atoms with E-state index in [1.54, 1.807) is 0 Å². The molecule has 0 amide bonds. The van der Waals surface area contributed by atoms with Crippen molar-refractivity contribution in [1.82, 2.24) is 5.32 Å². The first-order valence-electron chi connectivity index (χ1n) is 6.62. The fraction of sp³-hybridized carbons (Fsp3) is 0.600. The zero-order valence-corrected chi connectivity index (χ0v) is 10.1. The minimum absolute atomic E-state index is 0.821. The Morgan fingerprint density at radius 3 is 2.12 bits per heavy atom. The number of benzene rings is 1. The largest absolute Gasteiger partial charge is 0.309 e. The van der Waals surface area contributed by atoms with Crippen molar-refractivity contribution in [1.29, 1.82) is 0 Å². The van der Waals surface area contributed by atoms with Gasteiger partial charge >= 0.3 is 0 Å². The van der Waals surface area contributed by atoms with Crippen molar-refractivity contribution in [2.75, 3.05) is 0 Å². The van der Waals surface area contributed by atoms with E-state index in [0.29, 0.717) is 0 Å². The van der Waals surface area contributed by atoms with Crippen LogP contribution < -0.4 is 5.32 Å². The second-order valence-corrected chi connectivity index (χ2v) is 5.57. The van der Waals surface area contributed by atoms with Crippen LogP contribution in [0.5, 0.6) is 0 Å². The number of rotatable bonds is 5. The highest BCUT2D eigenvalue weighted by Crippen LogP contribution is 2.44. The second-order valence-electron chi connectivity index (χ2n) is 5.57. The van der Waals surface area contributed by atoms with E-state index in [0.717, 1.165) is 24.4 Å². The molecule has 0 atom stereocenters. The summed E-state index contributed by atoms with van der Waals surface area (Å²) in [5.74, 6) is 2.00. The first kappa shape index (κ1) is 10.3. The van der Waals surface area contributed by atoms with Crippen LogP contribution in [0.15, 0.2) is 24.3 Å². The molecule has 0 bridgehead atoms. The first-order chi connectivity index (χ1) is 7.83. The van der Waals surface area contributed by atoms with Crippen molar-refractivity contribution >= 4 is 0 Å². The Bertz CT molecular complexity index is 334. The van der Waals surface area contributed by atoms with Crippen molar-refractivity contribution in [3.05, 3.63) is 35.4 Å². The van der Waals surface area contributed by atoms with Crippen LogP contribution in [0, 0.1) is 18.8 Å². The molecule has 16 heavy (non-hydrogen) atoms. The van der Waals surface area contributed by atoms with Crippen LogP contribution in [0.2, 0.25) is 0 Å². The van der Waals surface area contributed by atoms with Gasteiger partial charge in [0.15, 0.2) is 0 Å². The second kappa shape index (κ2) is 4.21. The molecule has 2 saturated carbocycles. The lowest BCUT2D eigenvalue weighted by molar-refractivity contribution is 0.416. The maximum absolute atomic E-state index is 3.78. The van der Waals surface area contributed by atoms with Crippen LogP contribution in [-0.2, 0) is 6.54 Å². The maximum atomic E-state index is 3.78. The van der Waals surface area contributed by atoms with Gasteiger partial charge < -0.3 is 5.32 Å². The molecule has 1 N–H and O–H groups in total. The molecule has 0 aliphatic heterocycles. The predicted octanol–water partition coefficient (Wildman–Crippen LogP) is 3.27. The topological polar surface area (TPSA) is 12.0 Å². The van der Waals surface area contributed by atoms with E-state index in [-0.39, 0.29) is 0 Å². The molecular weight excluding hydrogens is 194 g/mol. The molecule has 86 valence electrons. The van der Waals surface area contributed by atoms with E-state index in [1.807, 2.05) is 0 Å². The fourth-order valence-electron chi connectivity index (χ4n) is 2.57. The Balaban J connectivity index is 1.56. The van der Waals surface area contributed by atoms with Gasteiger partial charge in [-0.15, -0.1) is 0 Å². The van der Waals surface area contributed by atoms with Gasteiger partial charge in [-0.2, -0.15) is 0 Å². The van der Waals surface area contributed by atoms with Crippen LogP contribution >= 0.6 is 0 Å². The van der Waals surface area contributed by atoms with Crippen molar-refractivity contribution in [3.8, 4) is 0 Å². The molecule has 2 aliphatic carbocycles. The number of nitrogens with one attached hydrogen (secondary N) is 1. The van der Waals surface area contributed by atoms with Gasteiger partial charge in [-0.25, -0.2) is 0 Å². The maximum Gasteiger partial charge on any atom is 0.0208 e. The van der Waals surface area contributed by atoms with Crippen molar-refractivity contribution in [2.24, 2.45) is 11.8 Å². The minimum atomic E-state index is 0.821. The summed E-state index contributed by atoms with van der Waals surface area (Å²) in [5.41, 5.74) is 2.78. The molecule has 0 spiro atoms. The van der Waals surface area contributed by atoms with Crippen LogP contribution in [0.25, 0.3) is 0 Å². The van der Waals surface area contributed by atoms with E-state index < -0.39 is 0 Å². The van der Waals surface area contributed by atoms with Gasteiger partial charge in [-0.1, -0.05) is 29.8 Å². The van der Waals surface area contributed by atoms with Gasteiger partial charge in [0, 0.05) is 12.6 Å². The molecule has 0 saturated heterocycles. The van der Waals surface area contributed by atoms with Gasteiger partial charge in [0.2, 0.25) is 0 Å². The summed E-state index contributed by atoms with van der Waals surface area (Å²) in [7, 11) is 0. The highest BCUT2D eigenvalue weighted by Gasteiger charge is 2.40. The fourth-order valence-corrected chi connectivity index (χ4v) is 2.57. The van der Waals surface area contributed by atoms with Gasteiger partial charge in [0.25, 0.3) is 0 Å². The Kier molecular flexibility index (Phi) is 2.72. The quantitative estimate of drug-likeness (QED) is 0.795. The average Bonchev–Trinajstić information content (AvgIpc) is 3.15. The summed E-state index contributed by atoms with van der Waals surface area (Å²) in [6.45, 7) is 3.20.